The fraction of sp³-hybridized carbons (Fsp3) is 0.556. The van der Waals surface area contributed by atoms with Crippen LogP contribution in [0.25, 0.3) is 0 Å². The van der Waals surface area contributed by atoms with Gasteiger partial charge in [0.15, 0.2) is 5.76 Å². The minimum Gasteiger partial charge on any atom is -0.459 e. The lowest BCUT2D eigenvalue weighted by Gasteiger charge is -2.35. The van der Waals surface area contributed by atoms with Gasteiger partial charge in [-0.05, 0) is 49.8 Å². The zero-order chi connectivity index (χ0) is 16.5. The Morgan fingerprint density at radius 2 is 2.29 bits per heavy atom. The Morgan fingerprint density at radius 3 is 3.00 bits per heavy atom. The fourth-order valence-corrected chi connectivity index (χ4v) is 3.39. The molecule has 2 aromatic rings. The van der Waals surface area contributed by atoms with E-state index in [1.165, 1.54) is 24.7 Å². The van der Waals surface area contributed by atoms with E-state index in [2.05, 4.69) is 12.0 Å². The van der Waals surface area contributed by atoms with Gasteiger partial charge in [0.05, 0.1) is 30.8 Å². The minimum absolute atomic E-state index is 0.0745. The van der Waals surface area contributed by atoms with E-state index in [0.717, 1.165) is 25.3 Å². The van der Waals surface area contributed by atoms with Crippen molar-refractivity contribution in [3.8, 4) is 0 Å². The molecule has 6 heteroatoms. The first-order valence-electron chi connectivity index (χ1n) is 8.74. The van der Waals surface area contributed by atoms with Crippen LogP contribution < -0.4 is 0 Å². The summed E-state index contributed by atoms with van der Waals surface area (Å²) >= 11 is 0. The normalized spacial score (nSPS) is 20.2. The highest BCUT2D eigenvalue weighted by Crippen LogP contribution is 2.33. The number of carbonyl (C=O) groups is 1. The van der Waals surface area contributed by atoms with Gasteiger partial charge in [-0.15, -0.1) is 0 Å². The Labute approximate surface area is 141 Å². The van der Waals surface area contributed by atoms with Gasteiger partial charge < -0.3 is 14.1 Å². The number of rotatable bonds is 6. The SMILES string of the molecule is CCn1ncc2c1[C@H](COCC1CC1)N(C(=O)c1ccco1)CC2. The molecule has 1 aliphatic carbocycles. The number of amides is 1. The molecule has 4 rings (SSSR count). The monoisotopic (exact) mass is 329 g/mol. The Bertz CT molecular complexity index is 690. The highest BCUT2D eigenvalue weighted by Gasteiger charge is 2.35. The topological polar surface area (TPSA) is 60.5 Å². The molecule has 0 unspecified atom stereocenters. The van der Waals surface area contributed by atoms with Gasteiger partial charge in [0.2, 0.25) is 0 Å². The molecule has 1 fully saturated rings. The average molecular weight is 329 g/mol. The average Bonchev–Trinajstić information content (AvgIpc) is 3.11. The maximum absolute atomic E-state index is 12.9. The zero-order valence-corrected chi connectivity index (χ0v) is 14.0. The molecule has 24 heavy (non-hydrogen) atoms. The molecule has 1 saturated carbocycles. The Balaban J connectivity index is 1.60. The van der Waals surface area contributed by atoms with Gasteiger partial charge >= 0.3 is 0 Å². The van der Waals surface area contributed by atoms with E-state index in [9.17, 15) is 4.79 Å². The number of nitrogens with zero attached hydrogens (tertiary/aromatic N) is 3. The van der Waals surface area contributed by atoms with Crippen molar-refractivity contribution in [1.29, 1.82) is 0 Å². The van der Waals surface area contributed by atoms with Crippen molar-refractivity contribution >= 4 is 5.91 Å². The molecule has 1 aliphatic heterocycles. The molecule has 0 bridgehead atoms. The molecule has 0 N–H and O–H groups in total. The smallest absolute Gasteiger partial charge is 0.290 e. The van der Waals surface area contributed by atoms with E-state index in [-0.39, 0.29) is 11.9 Å². The first kappa shape index (κ1) is 15.4. The van der Waals surface area contributed by atoms with Crippen LogP contribution in [0.2, 0.25) is 0 Å². The summed E-state index contributed by atoms with van der Waals surface area (Å²) in [7, 11) is 0. The van der Waals surface area contributed by atoms with Gasteiger partial charge in [0, 0.05) is 19.7 Å². The highest BCUT2D eigenvalue weighted by atomic mass is 16.5. The molecule has 0 aromatic carbocycles. The van der Waals surface area contributed by atoms with Gasteiger partial charge in [0.25, 0.3) is 5.91 Å². The number of carbonyl (C=O) groups excluding carboxylic acids is 1. The zero-order valence-electron chi connectivity index (χ0n) is 14.0. The molecule has 1 atom stereocenters. The maximum atomic E-state index is 12.9. The number of fused-ring (bicyclic) bond motifs is 1. The molecule has 0 radical (unpaired) electrons. The van der Waals surface area contributed by atoms with Crippen molar-refractivity contribution in [2.24, 2.45) is 5.92 Å². The van der Waals surface area contributed by atoms with E-state index in [1.807, 2.05) is 15.8 Å². The van der Waals surface area contributed by atoms with Crippen LogP contribution in [0.4, 0.5) is 0 Å². The second-order valence-electron chi connectivity index (χ2n) is 6.59. The molecular formula is C18H23N3O3. The molecule has 2 aromatic heterocycles. The van der Waals surface area contributed by atoms with Crippen LogP contribution in [0.1, 0.15) is 47.6 Å². The van der Waals surface area contributed by atoms with E-state index >= 15 is 0 Å². The molecule has 3 heterocycles. The van der Waals surface area contributed by atoms with Crippen molar-refractivity contribution in [2.75, 3.05) is 19.8 Å². The third-order valence-electron chi connectivity index (χ3n) is 4.89. The first-order chi connectivity index (χ1) is 11.8. The van der Waals surface area contributed by atoms with Crippen LogP contribution in [0.5, 0.6) is 0 Å². The van der Waals surface area contributed by atoms with Gasteiger partial charge in [-0.3, -0.25) is 9.48 Å². The Hall–Kier alpha value is -2.08. The summed E-state index contributed by atoms with van der Waals surface area (Å²) in [6, 6.07) is 3.36. The maximum Gasteiger partial charge on any atom is 0.290 e. The molecule has 0 saturated heterocycles. The molecular weight excluding hydrogens is 306 g/mol. The summed E-state index contributed by atoms with van der Waals surface area (Å²) in [4.78, 5) is 14.7. The lowest BCUT2D eigenvalue weighted by molar-refractivity contribution is 0.0324. The predicted molar refractivity (Wildman–Crippen MR) is 87.6 cm³/mol. The van der Waals surface area contributed by atoms with Crippen molar-refractivity contribution in [3.05, 3.63) is 41.6 Å². The Morgan fingerprint density at radius 1 is 1.42 bits per heavy atom. The van der Waals surface area contributed by atoms with E-state index in [0.29, 0.717) is 24.8 Å². The van der Waals surface area contributed by atoms with Crippen LogP contribution in [-0.2, 0) is 17.7 Å². The van der Waals surface area contributed by atoms with Crippen LogP contribution in [0, 0.1) is 5.92 Å². The van der Waals surface area contributed by atoms with Gasteiger partial charge in [-0.1, -0.05) is 0 Å². The number of aromatic nitrogens is 2. The number of ether oxygens (including phenoxy) is 1. The molecule has 6 nitrogen and oxygen atoms in total. The fourth-order valence-electron chi connectivity index (χ4n) is 3.39. The van der Waals surface area contributed by atoms with Crippen LogP contribution in [0.3, 0.4) is 0 Å². The van der Waals surface area contributed by atoms with E-state index in [1.54, 1.807) is 12.1 Å². The summed E-state index contributed by atoms with van der Waals surface area (Å²) in [6.07, 6.45) is 6.82. The van der Waals surface area contributed by atoms with E-state index in [4.69, 9.17) is 9.15 Å². The largest absolute Gasteiger partial charge is 0.459 e. The predicted octanol–water partition coefficient (Wildman–Crippen LogP) is 2.66. The van der Waals surface area contributed by atoms with Crippen LogP contribution in [-0.4, -0.2) is 40.3 Å². The highest BCUT2D eigenvalue weighted by molar-refractivity contribution is 5.92. The van der Waals surface area contributed by atoms with Crippen molar-refractivity contribution < 1.29 is 13.9 Å². The van der Waals surface area contributed by atoms with Gasteiger partial charge in [0.1, 0.15) is 0 Å². The van der Waals surface area contributed by atoms with Crippen LogP contribution in [0.15, 0.2) is 29.0 Å². The number of hydrogen-bond acceptors (Lipinski definition) is 4. The Kier molecular flexibility index (Phi) is 4.14. The summed E-state index contributed by atoms with van der Waals surface area (Å²) < 4.78 is 13.3. The summed E-state index contributed by atoms with van der Waals surface area (Å²) in [5.41, 5.74) is 2.33. The quantitative estimate of drug-likeness (QED) is 0.817. The number of furan rings is 1. The molecule has 128 valence electrons. The lowest BCUT2D eigenvalue weighted by Crippen LogP contribution is -2.42. The molecule has 1 amide bonds. The second-order valence-corrected chi connectivity index (χ2v) is 6.59. The second kappa shape index (κ2) is 6.43. The first-order valence-corrected chi connectivity index (χ1v) is 8.74. The number of aryl methyl sites for hydroxylation is 1. The van der Waals surface area contributed by atoms with Gasteiger partial charge in [-0.25, -0.2) is 0 Å². The third-order valence-corrected chi connectivity index (χ3v) is 4.89. The van der Waals surface area contributed by atoms with Crippen LogP contribution >= 0.6 is 0 Å². The third kappa shape index (κ3) is 2.86. The molecule has 2 aliphatic rings. The van der Waals surface area contributed by atoms with Crippen molar-refractivity contribution in [1.82, 2.24) is 14.7 Å². The van der Waals surface area contributed by atoms with Gasteiger partial charge in [-0.2, -0.15) is 5.10 Å². The summed E-state index contributed by atoms with van der Waals surface area (Å²) in [5, 5.41) is 4.48. The summed E-state index contributed by atoms with van der Waals surface area (Å²) in [5.74, 6) is 1.01. The van der Waals surface area contributed by atoms with Crippen molar-refractivity contribution in [3.63, 3.8) is 0 Å². The molecule has 0 spiro atoms. The minimum atomic E-state index is -0.104. The lowest BCUT2D eigenvalue weighted by atomic mass is 9.99. The van der Waals surface area contributed by atoms with Crippen molar-refractivity contribution in [2.45, 2.75) is 38.8 Å². The van der Waals surface area contributed by atoms with E-state index < -0.39 is 0 Å². The standard InChI is InChI=1S/C18H23N3O3/c1-2-21-17-14(10-19-21)7-8-20(18(22)16-4-3-9-24-16)15(17)12-23-11-13-5-6-13/h3-4,9-10,13,15H,2,5-8,11-12H2,1H3/t15-/m0/s1. The summed E-state index contributed by atoms with van der Waals surface area (Å²) in [6.45, 7) is 4.83. The number of hydrogen-bond donors (Lipinski definition) is 0.